The topological polar surface area (TPSA) is 12.0 Å². The molecule has 0 heterocycles. The van der Waals surface area contributed by atoms with Crippen molar-refractivity contribution in [1.82, 2.24) is 5.32 Å². The van der Waals surface area contributed by atoms with E-state index < -0.39 is 0 Å². The predicted octanol–water partition coefficient (Wildman–Crippen LogP) is 4.17. The minimum atomic E-state index is -0.0230. The number of benzene rings is 1. The zero-order chi connectivity index (χ0) is 14.0. The largest absolute Gasteiger partial charge is 0.316 e. The molecule has 2 aliphatic rings. The fourth-order valence-electron chi connectivity index (χ4n) is 4.59. The number of hydrogen-bond donors (Lipinski definition) is 1. The van der Waals surface area contributed by atoms with Crippen LogP contribution in [0.4, 0.5) is 4.39 Å². The van der Waals surface area contributed by atoms with Crippen molar-refractivity contribution in [3.63, 3.8) is 0 Å². The summed E-state index contributed by atoms with van der Waals surface area (Å²) in [5.74, 6) is 1.68. The summed E-state index contributed by atoms with van der Waals surface area (Å²) in [6.07, 6.45) is 7.51. The molecule has 1 nitrogen and oxygen atoms in total. The molecule has 0 aliphatic heterocycles. The molecule has 0 spiro atoms. The van der Waals surface area contributed by atoms with E-state index in [1.807, 2.05) is 12.1 Å². The summed E-state index contributed by atoms with van der Waals surface area (Å²) in [6.45, 7) is 4.35. The second-order valence-electron chi connectivity index (χ2n) is 6.89. The van der Waals surface area contributed by atoms with Gasteiger partial charge in [0.25, 0.3) is 0 Å². The van der Waals surface area contributed by atoms with E-state index in [9.17, 15) is 4.39 Å². The third-order valence-electron chi connectivity index (χ3n) is 5.51. The standard InChI is InChI=1S/C18H26FN/c1-2-9-20-13-18(11-14-7-8-16(18)10-14)12-15-5-3-4-6-17(15)19/h3-6,14,16,20H,2,7-13H2,1H3. The van der Waals surface area contributed by atoms with E-state index in [0.717, 1.165) is 36.9 Å². The van der Waals surface area contributed by atoms with Crippen LogP contribution in [0.1, 0.15) is 44.6 Å². The molecule has 3 unspecified atom stereocenters. The van der Waals surface area contributed by atoms with Crippen molar-refractivity contribution in [1.29, 1.82) is 0 Å². The van der Waals surface area contributed by atoms with Gasteiger partial charge < -0.3 is 5.32 Å². The Kier molecular flexibility index (Phi) is 4.11. The Hall–Kier alpha value is -0.890. The molecule has 2 aliphatic carbocycles. The number of fused-ring (bicyclic) bond motifs is 2. The maximum atomic E-state index is 14.0. The van der Waals surface area contributed by atoms with Gasteiger partial charge in [-0.1, -0.05) is 31.5 Å². The monoisotopic (exact) mass is 275 g/mol. The van der Waals surface area contributed by atoms with Gasteiger partial charge >= 0.3 is 0 Å². The van der Waals surface area contributed by atoms with Gasteiger partial charge in [-0.15, -0.1) is 0 Å². The lowest BCUT2D eigenvalue weighted by atomic mass is 9.69. The van der Waals surface area contributed by atoms with Crippen molar-refractivity contribution in [2.45, 2.75) is 45.4 Å². The molecule has 0 aromatic heterocycles. The smallest absolute Gasteiger partial charge is 0.126 e. The Balaban J connectivity index is 1.78. The lowest BCUT2D eigenvalue weighted by Gasteiger charge is -2.38. The van der Waals surface area contributed by atoms with Gasteiger partial charge in [0.15, 0.2) is 0 Å². The maximum absolute atomic E-state index is 14.0. The van der Waals surface area contributed by atoms with Gasteiger partial charge in [-0.3, -0.25) is 0 Å². The highest BCUT2D eigenvalue weighted by molar-refractivity contribution is 5.21. The van der Waals surface area contributed by atoms with Crippen molar-refractivity contribution in [2.75, 3.05) is 13.1 Å². The number of nitrogens with one attached hydrogen (secondary N) is 1. The number of halogens is 1. The Labute approximate surface area is 122 Å². The summed E-state index contributed by atoms with van der Waals surface area (Å²) in [4.78, 5) is 0. The number of rotatable bonds is 6. The van der Waals surface area contributed by atoms with Gasteiger partial charge in [-0.25, -0.2) is 4.39 Å². The van der Waals surface area contributed by atoms with Crippen LogP contribution >= 0.6 is 0 Å². The highest BCUT2D eigenvalue weighted by Crippen LogP contribution is 2.57. The van der Waals surface area contributed by atoms with Crippen LogP contribution in [0.5, 0.6) is 0 Å². The summed E-state index contributed by atoms with van der Waals surface area (Å²) in [6, 6.07) is 7.35. The van der Waals surface area contributed by atoms with Gasteiger partial charge in [0.05, 0.1) is 0 Å². The Morgan fingerprint density at radius 1 is 1.30 bits per heavy atom. The van der Waals surface area contributed by atoms with Crippen molar-refractivity contribution in [3.05, 3.63) is 35.6 Å². The third-order valence-corrected chi connectivity index (χ3v) is 5.51. The SMILES string of the molecule is CCCNCC1(Cc2ccccc2F)CC2CCC1C2. The van der Waals surface area contributed by atoms with Gasteiger partial charge in [0.1, 0.15) is 5.82 Å². The fourth-order valence-corrected chi connectivity index (χ4v) is 4.59. The molecular formula is C18H26FN. The van der Waals surface area contributed by atoms with E-state index in [1.54, 1.807) is 12.1 Å². The molecule has 1 aromatic carbocycles. The normalized spacial score (nSPS) is 31.9. The molecule has 0 radical (unpaired) electrons. The van der Waals surface area contributed by atoms with E-state index in [0.29, 0.717) is 5.41 Å². The summed E-state index contributed by atoms with van der Waals surface area (Å²) in [7, 11) is 0. The first-order valence-corrected chi connectivity index (χ1v) is 8.17. The van der Waals surface area contributed by atoms with Crippen LogP contribution < -0.4 is 5.32 Å². The Bertz CT molecular complexity index is 458. The molecule has 2 saturated carbocycles. The zero-order valence-electron chi connectivity index (χ0n) is 12.5. The van der Waals surface area contributed by atoms with Crippen LogP contribution in [-0.4, -0.2) is 13.1 Å². The highest BCUT2D eigenvalue weighted by atomic mass is 19.1. The molecule has 1 N–H and O–H groups in total. The fraction of sp³-hybridized carbons (Fsp3) is 0.667. The maximum Gasteiger partial charge on any atom is 0.126 e. The lowest BCUT2D eigenvalue weighted by Crippen LogP contribution is -2.41. The highest BCUT2D eigenvalue weighted by Gasteiger charge is 2.50. The second-order valence-corrected chi connectivity index (χ2v) is 6.89. The first-order valence-electron chi connectivity index (χ1n) is 8.17. The molecule has 2 bridgehead atoms. The first-order chi connectivity index (χ1) is 9.73. The molecule has 0 saturated heterocycles. The predicted molar refractivity (Wildman–Crippen MR) is 81.1 cm³/mol. The molecule has 2 heteroatoms. The van der Waals surface area contributed by atoms with Crippen LogP contribution in [0.25, 0.3) is 0 Å². The van der Waals surface area contributed by atoms with Crippen LogP contribution in [0.2, 0.25) is 0 Å². The molecule has 2 fully saturated rings. The summed E-state index contributed by atoms with van der Waals surface area (Å²) >= 11 is 0. The van der Waals surface area contributed by atoms with Crippen molar-refractivity contribution >= 4 is 0 Å². The summed E-state index contributed by atoms with van der Waals surface area (Å²) in [5.41, 5.74) is 1.22. The molecular weight excluding hydrogens is 249 g/mol. The summed E-state index contributed by atoms with van der Waals surface area (Å²) < 4.78 is 14.0. The van der Waals surface area contributed by atoms with Crippen molar-refractivity contribution in [2.24, 2.45) is 17.3 Å². The average molecular weight is 275 g/mol. The van der Waals surface area contributed by atoms with E-state index in [4.69, 9.17) is 0 Å². The lowest BCUT2D eigenvalue weighted by molar-refractivity contribution is 0.155. The van der Waals surface area contributed by atoms with Crippen LogP contribution in [0, 0.1) is 23.1 Å². The first kappa shape index (κ1) is 14.1. The van der Waals surface area contributed by atoms with E-state index >= 15 is 0 Å². The average Bonchev–Trinajstić information content (AvgIpc) is 3.03. The van der Waals surface area contributed by atoms with E-state index in [2.05, 4.69) is 12.2 Å². The molecule has 1 aromatic rings. The van der Waals surface area contributed by atoms with Gasteiger partial charge in [-0.2, -0.15) is 0 Å². The van der Waals surface area contributed by atoms with E-state index in [1.165, 1.54) is 32.1 Å². The third kappa shape index (κ3) is 2.63. The van der Waals surface area contributed by atoms with Gasteiger partial charge in [0.2, 0.25) is 0 Å². The van der Waals surface area contributed by atoms with Crippen molar-refractivity contribution < 1.29 is 4.39 Å². The number of hydrogen-bond acceptors (Lipinski definition) is 1. The Morgan fingerprint density at radius 3 is 2.80 bits per heavy atom. The van der Waals surface area contributed by atoms with Gasteiger partial charge in [0, 0.05) is 6.54 Å². The van der Waals surface area contributed by atoms with Gasteiger partial charge in [-0.05, 0) is 67.5 Å². The van der Waals surface area contributed by atoms with Crippen LogP contribution in [0.3, 0.4) is 0 Å². The van der Waals surface area contributed by atoms with Crippen LogP contribution in [-0.2, 0) is 6.42 Å². The second kappa shape index (κ2) is 5.85. The molecule has 0 amide bonds. The molecule has 20 heavy (non-hydrogen) atoms. The quantitative estimate of drug-likeness (QED) is 0.768. The zero-order valence-corrected chi connectivity index (χ0v) is 12.5. The van der Waals surface area contributed by atoms with Crippen LogP contribution in [0.15, 0.2) is 24.3 Å². The van der Waals surface area contributed by atoms with Crippen molar-refractivity contribution in [3.8, 4) is 0 Å². The minimum absolute atomic E-state index is 0.0230. The molecule has 110 valence electrons. The summed E-state index contributed by atoms with van der Waals surface area (Å²) in [5, 5.41) is 3.62. The minimum Gasteiger partial charge on any atom is -0.316 e. The van der Waals surface area contributed by atoms with E-state index in [-0.39, 0.29) is 5.82 Å². The molecule has 3 rings (SSSR count). The Morgan fingerprint density at radius 2 is 2.15 bits per heavy atom. The molecule has 3 atom stereocenters.